The summed E-state index contributed by atoms with van der Waals surface area (Å²) in [4.78, 5) is 7.11. The molecule has 7 nitrogen and oxygen atoms in total. The fourth-order valence-electron chi connectivity index (χ4n) is 2.92. The van der Waals surface area contributed by atoms with Crippen molar-refractivity contribution in [2.75, 3.05) is 45.5 Å². The van der Waals surface area contributed by atoms with Crippen LogP contribution in [0.15, 0.2) is 4.99 Å². The van der Waals surface area contributed by atoms with Gasteiger partial charge >= 0.3 is 0 Å². The van der Waals surface area contributed by atoms with Crippen LogP contribution in [-0.4, -0.2) is 81.2 Å². The Morgan fingerprint density at radius 2 is 1.88 bits per heavy atom. The van der Waals surface area contributed by atoms with Gasteiger partial charge in [-0.3, -0.25) is 4.99 Å². The van der Waals surface area contributed by atoms with Crippen molar-refractivity contribution in [3.63, 3.8) is 0 Å². The third-order valence-electron chi connectivity index (χ3n) is 4.69. The number of piperidine rings is 1. The van der Waals surface area contributed by atoms with Crippen LogP contribution in [-0.2, 0) is 10.0 Å². The van der Waals surface area contributed by atoms with Gasteiger partial charge < -0.3 is 15.5 Å². The first kappa shape index (κ1) is 25.9. The Hall–Kier alpha value is -0.130. The van der Waals surface area contributed by atoms with Gasteiger partial charge in [0.15, 0.2) is 5.96 Å². The number of hydrogen-bond donors (Lipinski definition) is 2. The van der Waals surface area contributed by atoms with Crippen LogP contribution >= 0.6 is 24.0 Å². The molecule has 0 atom stereocenters. The molecule has 1 saturated heterocycles. The molecule has 0 bridgehead atoms. The van der Waals surface area contributed by atoms with Crippen LogP contribution in [0.4, 0.5) is 0 Å². The van der Waals surface area contributed by atoms with E-state index in [2.05, 4.69) is 41.3 Å². The van der Waals surface area contributed by atoms with E-state index in [1.807, 2.05) is 0 Å². The summed E-state index contributed by atoms with van der Waals surface area (Å²) in [6, 6.07) is 1.06. The van der Waals surface area contributed by atoms with Crippen LogP contribution in [0.25, 0.3) is 0 Å². The maximum absolute atomic E-state index is 11.7. The van der Waals surface area contributed by atoms with Crippen LogP contribution in [0.1, 0.15) is 47.0 Å². The van der Waals surface area contributed by atoms with E-state index >= 15 is 0 Å². The quantitative estimate of drug-likeness (QED) is 0.217. The Bertz CT molecular complexity index is 505. The predicted octanol–water partition coefficient (Wildman–Crippen LogP) is 1.70. The molecule has 1 rings (SSSR count). The minimum Gasteiger partial charge on any atom is -0.357 e. The van der Waals surface area contributed by atoms with E-state index < -0.39 is 10.0 Å². The van der Waals surface area contributed by atoms with E-state index in [9.17, 15) is 8.42 Å². The SMILES string of the molecule is CCNC(=NCCCN(C)S(=O)(=O)CC)NC1CCN(C(C)C)CC1.I. The molecule has 1 aliphatic heterocycles. The maximum atomic E-state index is 11.7. The van der Waals surface area contributed by atoms with E-state index in [0.29, 0.717) is 25.2 Å². The number of sulfonamides is 1. The fourth-order valence-corrected chi connectivity index (χ4v) is 3.77. The van der Waals surface area contributed by atoms with Crippen LogP contribution in [0.2, 0.25) is 0 Å². The Labute approximate surface area is 177 Å². The minimum absolute atomic E-state index is 0. The molecule has 0 unspecified atom stereocenters. The van der Waals surface area contributed by atoms with Gasteiger partial charge in [0.05, 0.1) is 5.75 Å². The Balaban J connectivity index is 0.00000625. The van der Waals surface area contributed by atoms with Crippen LogP contribution in [0.3, 0.4) is 0 Å². The number of hydrogen-bond acceptors (Lipinski definition) is 4. The van der Waals surface area contributed by atoms with Gasteiger partial charge in [-0.25, -0.2) is 12.7 Å². The summed E-state index contributed by atoms with van der Waals surface area (Å²) in [5.41, 5.74) is 0. The molecule has 0 saturated carbocycles. The van der Waals surface area contributed by atoms with E-state index in [1.165, 1.54) is 4.31 Å². The molecule has 0 radical (unpaired) electrons. The second-order valence-corrected chi connectivity index (χ2v) is 9.25. The molecule has 156 valence electrons. The van der Waals surface area contributed by atoms with Gasteiger partial charge in [0.1, 0.15) is 0 Å². The highest BCUT2D eigenvalue weighted by atomic mass is 127. The van der Waals surface area contributed by atoms with Gasteiger partial charge in [0.25, 0.3) is 0 Å². The molecule has 1 fully saturated rings. The molecule has 0 spiro atoms. The molecular weight excluding hydrogens is 465 g/mol. The normalized spacial score (nSPS) is 17.4. The highest BCUT2D eigenvalue weighted by Crippen LogP contribution is 2.12. The number of likely N-dealkylation sites (tertiary alicyclic amines) is 1. The second-order valence-electron chi connectivity index (χ2n) is 6.88. The molecule has 0 aliphatic carbocycles. The smallest absolute Gasteiger partial charge is 0.213 e. The van der Waals surface area contributed by atoms with Gasteiger partial charge in [-0.15, -0.1) is 24.0 Å². The predicted molar refractivity (Wildman–Crippen MR) is 121 cm³/mol. The molecule has 2 N–H and O–H groups in total. The van der Waals surface area contributed by atoms with Crippen LogP contribution < -0.4 is 10.6 Å². The molecule has 0 aromatic rings. The summed E-state index contributed by atoms with van der Waals surface area (Å²) in [7, 11) is -1.46. The largest absolute Gasteiger partial charge is 0.357 e. The molecule has 26 heavy (non-hydrogen) atoms. The lowest BCUT2D eigenvalue weighted by Gasteiger charge is -2.35. The van der Waals surface area contributed by atoms with Crippen molar-refractivity contribution in [3.8, 4) is 0 Å². The van der Waals surface area contributed by atoms with Crippen molar-refractivity contribution in [2.45, 2.75) is 59.0 Å². The molecule has 0 aromatic heterocycles. The average Bonchev–Trinajstić information content (AvgIpc) is 2.58. The fraction of sp³-hybridized carbons (Fsp3) is 0.941. The highest BCUT2D eigenvalue weighted by molar-refractivity contribution is 14.0. The second kappa shape index (κ2) is 13.1. The van der Waals surface area contributed by atoms with E-state index in [-0.39, 0.29) is 29.7 Å². The Morgan fingerprint density at radius 1 is 1.27 bits per heavy atom. The summed E-state index contributed by atoms with van der Waals surface area (Å²) in [5, 5.41) is 6.81. The van der Waals surface area contributed by atoms with Gasteiger partial charge in [-0.2, -0.15) is 0 Å². The van der Waals surface area contributed by atoms with E-state index in [1.54, 1.807) is 14.0 Å². The third kappa shape index (κ3) is 9.18. The molecule has 1 aliphatic rings. The van der Waals surface area contributed by atoms with Crippen molar-refractivity contribution in [2.24, 2.45) is 4.99 Å². The standard InChI is InChI=1S/C17H37N5O2S.HI/c1-6-18-17(19-11-8-12-21(5)25(23,24)7-2)20-16-9-13-22(14-10-16)15(3)4;/h15-16H,6-14H2,1-5H3,(H2,18,19,20);1H. The van der Waals surface area contributed by atoms with Crippen molar-refractivity contribution in [3.05, 3.63) is 0 Å². The summed E-state index contributed by atoms with van der Waals surface area (Å²) in [6.07, 6.45) is 2.97. The Kier molecular flexibility index (Phi) is 13.0. The number of nitrogens with zero attached hydrogens (tertiary/aromatic N) is 3. The number of rotatable bonds is 9. The average molecular weight is 503 g/mol. The summed E-state index contributed by atoms with van der Waals surface area (Å²) in [6.45, 7) is 12.4. The van der Waals surface area contributed by atoms with Crippen molar-refractivity contribution in [1.82, 2.24) is 19.8 Å². The zero-order chi connectivity index (χ0) is 18.9. The zero-order valence-electron chi connectivity index (χ0n) is 17.0. The molecule has 0 aromatic carbocycles. The van der Waals surface area contributed by atoms with Crippen molar-refractivity contribution < 1.29 is 8.42 Å². The zero-order valence-corrected chi connectivity index (χ0v) is 20.1. The first-order chi connectivity index (χ1) is 11.8. The maximum Gasteiger partial charge on any atom is 0.213 e. The molecular formula is C17H38IN5O2S. The third-order valence-corrected chi connectivity index (χ3v) is 6.55. The van der Waals surface area contributed by atoms with Crippen molar-refractivity contribution >= 4 is 40.0 Å². The number of aliphatic imine (C=N–C) groups is 1. The van der Waals surface area contributed by atoms with Crippen LogP contribution in [0, 0.1) is 0 Å². The van der Waals surface area contributed by atoms with Crippen LogP contribution in [0.5, 0.6) is 0 Å². The lowest BCUT2D eigenvalue weighted by Crippen LogP contribution is -2.49. The molecule has 0 amide bonds. The number of halogens is 1. The monoisotopic (exact) mass is 503 g/mol. The summed E-state index contributed by atoms with van der Waals surface area (Å²) >= 11 is 0. The molecule has 1 heterocycles. The Morgan fingerprint density at radius 3 is 2.38 bits per heavy atom. The minimum atomic E-state index is -3.10. The van der Waals surface area contributed by atoms with Gasteiger partial charge in [-0.1, -0.05) is 0 Å². The topological polar surface area (TPSA) is 77.0 Å². The van der Waals surface area contributed by atoms with Crippen molar-refractivity contribution in [1.29, 1.82) is 0 Å². The molecule has 9 heteroatoms. The van der Waals surface area contributed by atoms with Gasteiger partial charge in [-0.05, 0) is 47.0 Å². The lowest BCUT2D eigenvalue weighted by molar-refractivity contribution is 0.167. The van der Waals surface area contributed by atoms with E-state index in [0.717, 1.165) is 44.9 Å². The first-order valence-electron chi connectivity index (χ1n) is 9.53. The summed E-state index contributed by atoms with van der Waals surface area (Å²) in [5.74, 6) is 0.984. The lowest BCUT2D eigenvalue weighted by atomic mass is 10.0. The number of nitrogens with one attached hydrogen (secondary N) is 2. The van der Waals surface area contributed by atoms with E-state index in [4.69, 9.17) is 0 Å². The van der Waals surface area contributed by atoms with Gasteiger partial charge in [0, 0.05) is 51.9 Å². The number of guanidine groups is 1. The summed E-state index contributed by atoms with van der Waals surface area (Å²) < 4.78 is 24.9. The van der Waals surface area contributed by atoms with Gasteiger partial charge in [0.2, 0.25) is 10.0 Å². The highest BCUT2D eigenvalue weighted by Gasteiger charge is 2.21. The first-order valence-corrected chi connectivity index (χ1v) is 11.1.